The van der Waals surface area contributed by atoms with Gasteiger partial charge in [0.15, 0.2) is 0 Å². The molecule has 0 fully saturated rings. The Kier molecular flexibility index (Phi) is 4.48. The number of nitrogens with one attached hydrogen (secondary N) is 1. The molecule has 0 spiro atoms. The zero-order valence-corrected chi connectivity index (χ0v) is 13.4. The van der Waals surface area contributed by atoms with Crippen LogP contribution in [-0.4, -0.2) is 22.9 Å². The highest BCUT2D eigenvalue weighted by Gasteiger charge is 2.26. The molecule has 1 heterocycles. The van der Waals surface area contributed by atoms with E-state index in [-0.39, 0.29) is 5.41 Å². The number of rotatable bonds is 5. The van der Waals surface area contributed by atoms with Crippen molar-refractivity contribution in [3.8, 4) is 0 Å². The van der Waals surface area contributed by atoms with Gasteiger partial charge in [0.05, 0.1) is 11.2 Å². The minimum absolute atomic E-state index is 0.279. The lowest BCUT2D eigenvalue weighted by Crippen LogP contribution is -2.33. The predicted molar refractivity (Wildman–Crippen MR) is 85.9 cm³/mol. The maximum atomic E-state index is 4.74. The van der Waals surface area contributed by atoms with Gasteiger partial charge in [-0.2, -0.15) is 5.10 Å². The number of para-hydroxylation sites is 1. The van der Waals surface area contributed by atoms with Crippen LogP contribution < -0.4 is 5.32 Å². The fourth-order valence-corrected chi connectivity index (χ4v) is 2.68. The third-order valence-corrected chi connectivity index (χ3v) is 4.14. The molecule has 0 aliphatic rings. The summed E-state index contributed by atoms with van der Waals surface area (Å²) in [6, 6.07) is 8.50. The molecule has 0 radical (unpaired) electrons. The van der Waals surface area contributed by atoms with Gasteiger partial charge in [-0.05, 0) is 36.9 Å². The summed E-state index contributed by atoms with van der Waals surface area (Å²) in [5.74, 6) is 0.584. The standard InChI is InChI=1S/C17H27N3/c1-6-18-12-13(17(2,3)4)11-15-14-9-7-8-10-16(14)20(5)19-15/h7-10,13,18H,6,11-12H2,1-5H3. The Morgan fingerprint density at radius 1 is 1.25 bits per heavy atom. The molecule has 0 saturated carbocycles. The molecule has 3 heteroatoms. The molecular weight excluding hydrogens is 246 g/mol. The van der Waals surface area contributed by atoms with Crippen molar-refractivity contribution < 1.29 is 0 Å². The Labute approximate surface area is 122 Å². The van der Waals surface area contributed by atoms with Gasteiger partial charge in [0, 0.05) is 12.4 Å². The zero-order chi connectivity index (χ0) is 14.8. The van der Waals surface area contributed by atoms with Gasteiger partial charge < -0.3 is 5.32 Å². The topological polar surface area (TPSA) is 29.9 Å². The summed E-state index contributed by atoms with van der Waals surface area (Å²) in [6.07, 6.45) is 1.03. The molecule has 0 amide bonds. The quantitative estimate of drug-likeness (QED) is 0.905. The number of fused-ring (bicyclic) bond motifs is 1. The number of aromatic nitrogens is 2. The fraction of sp³-hybridized carbons (Fsp3) is 0.588. The first-order chi connectivity index (χ1) is 9.43. The Morgan fingerprint density at radius 2 is 1.95 bits per heavy atom. The van der Waals surface area contributed by atoms with Gasteiger partial charge in [-0.25, -0.2) is 0 Å². The minimum atomic E-state index is 0.279. The highest BCUT2D eigenvalue weighted by Crippen LogP contribution is 2.30. The molecule has 1 N–H and O–H groups in total. The number of hydrogen-bond acceptors (Lipinski definition) is 2. The van der Waals surface area contributed by atoms with E-state index in [4.69, 9.17) is 5.10 Å². The summed E-state index contributed by atoms with van der Waals surface area (Å²) in [7, 11) is 2.03. The van der Waals surface area contributed by atoms with Crippen LogP contribution in [0.2, 0.25) is 0 Å². The fourth-order valence-electron chi connectivity index (χ4n) is 2.68. The van der Waals surface area contributed by atoms with Crippen LogP contribution in [0.3, 0.4) is 0 Å². The minimum Gasteiger partial charge on any atom is -0.317 e. The first-order valence-corrected chi connectivity index (χ1v) is 7.54. The van der Waals surface area contributed by atoms with Crippen molar-refractivity contribution in [1.82, 2.24) is 15.1 Å². The van der Waals surface area contributed by atoms with Crippen LogP contribution >= 0.6 is 0 Å². The first-order valence-electron chi connectivity index (χ1n) is 7.54. The molecule has 3 nitrogen and oxygen atoms in total. The molecule has 0 saturated heterocycles. The average molecular weight is 273 g/mol. The van der Waals surface area contributed by atoms with E-state index in [9.17, 15) is 0 Å². The summed E-state index contributed by atoms with van der Waals surface area (Å²) < 4.78 is 2.00. The smallest absolute Gasteiger partial charge is 0.0706 e. The summed E-state index contributed by atoms with van der Waals surface area (Å²) in [6.45, 7) is 11.2. The van der Waals surface area contributed by atoms with Crippen molar-refractivity contribution in [1.29, 1.82) is 0 Å². The molecule has 0 aliphatic heterocycles. The second-order valence-corrected chi connectivity index (χ2v) is 6.66. The molecule has 2 rings (SSSR count). The first kappa shape index (κ1) is 15.0. The molecule has 20 heavy (non-hydrogen) atoms. The van der Waals surface area contributed by atoms with Crippen LogP contribution in [0.15, 0.2) is 24.3 Å². The highest BCUT2D eigenvalue weighted by atomic mass is 15.3. The third kappa shape index (κ3) is 3.21. The van der Waals surface area contributed by atoms with Gasteiger partial charge >= 0.3 is 0 Å². The van der Waals surface area contributed by atoms with Crippen LogP contribution in [0.4, 0.5) is 0 Å². The van der Waals surface area contributed by atoms with E-state index in [1.165, 1.54) is 16.6 Å². The lowest BCUT2D eigenvalue weighted by atomic mass is 9.77. The zero-order valence-electron chi connectivity index (χ0n) is 13.4. The Hall–Kier alpha value is -1.35. The van der Waals surface area contributed by atoms with Crippen LogP contribution in [0, 0.1) is 11.3 Å². The lowest BCUT2D eigenvalue weighted by Gasteiger charge is -2.30. The monoisotopic (exact) mass is 273 g/mol. The van der Waals surface area contributed by atoms with E-state index in [2.05, 4.69) is 57.3 Å². The van der Waals surface area contributed by atoms with Gasteiger partial charge in [-0.15, -0.1) is 0 Å². The second kappa shape index (κ2) is 5.96. The molecule has 1 aromatic carbocycles. The van der Waals surface area contributed by atoms with Gasteiger partial charge in [-0.1, -0.05) is 45.9 Å². The van der Waals surface area contributed by atoms with Gasteiger partial charge in [0.1, 0.15) is 0 Å². The highest BCUT2D eigenvalue weighted by molar-refractivity contribution is 5.81. The van der Waals surface area contributed by atoms with Crippen LogP contribution in [-0.2, 0) is 13.5 Å². The Morgan fingerprint density at radius 3 is 2.60 bits per heavy atom. The van der Waals surface area contributed by atoms with Crippen LogP contribution in [0.25, 0.3) is 10.9 Å². The molecule has 1 unspecified atom stereocenters. The summed E-state index contributed by atoms with van der Waals surface area (Å²) in [4.78, 5) is 0. The van der Waals surface area contributed by atoms with E-state index in [0.717, 1.165) is 19.5 Å². The number of nitrogens with zero attached hydrogens (tertiary/aromatic N) is 2. The van der Waals surface area contributed by atoms with Crippen molar-refractivity contribution in [2.45, 2.75) is 34.1 Å². The van der Waals surface area contributed by atoms with Crippen molar-refractivity contribution in [2.24, 2.45) is 18.4 Å². The SMILES string of the molecule is CCNCC(Cc1nn(C)c2ccccc12)C(C)(C)C. The van der Waals surface area contributed by atoms with E-state index in [1.54, 1.807) is 0 Å². The summed E-state index contributed by atoms with van der Waals surface area (Å²) in [5.41, 5.74) is 2.72. The molecular formula is C17H27N3. The lowest BCUT2D eigenvalue weighted by molar-refractivity contribution is 0.230. The Bertz CT molecular complexity index is 563. The van der Waals surface area contributed by atoms with Gasteiger partial charge in [0.25, 0.3) is 0 Å². The number of aryl methyl sites for hydroxylation is 1. The van der Waals surface area contributed by atoms with Crippen LogP contribution in [0.5, 0.6) is 0 Å². The van der Waals surface area contributed by atoms with Gasteiger partial charge in [-0.3, -0.25) is 4.68 Å². The molecule has 1 aromatic heterocycles. The number of benzene rings is 1. The number of hydrogen-bond donors (Lipinski definition) is 1. The summed E-state index contributed by atoms with van der Waals surface area (Å²) >= 11 is 0. The maximum absolute atomic E-state index is 4.74. The molecule has 0 bridgehead atoms. The van der Waals surface area contributed by atoms with Crippen molar-refractivity contribution in [3.63, 3.8) is 0 Å². The summed E-state index contributed by atoms with van der Waals surface area (Å²) in [5, 5.41) is 9.53. The van der Waals surface area contributed by atoms with E-state index in [0.29, 0.717) is 5.92 Å². The van der Waals surface area contributed by atoms with Crippen LogP contribution in [0.1, 0.15) is 33.4 Å². The Balaban J connectivity index is 2.29. The van der Waals surface area contributed by atoms with E-state index in [1.807, 2.05) is 11.7 Å². The largest absolute Gasteiger partial charge is 0.317 e. The van der Waals surface area contributed by atoms with E-state index < -0.39 is 0 Å². The maximum Gasteiger partial charge on any atom is 0.0706 e. The molecule has 1 atom stereocenters. The second-order valence-electron chi connectivity index (χ2n) is 6.66. The third-order valence-electron chi connectivity index (χ3n) is 4.14. The molecule has 2 aromatic rings. The normalized spacial score (nSPS) is 13.8. The van der Waals surface area contributed by atoms with Crippen molar-refractivity contribution >= 4 is 10.9 Å². The predicted octanol–water partition coefficient (Wildman–Crippen LogP) is 3.39. The van der Waals surface area contributed by atoms with Crippen molar-refractivity contribution in [2.75, 3.05) is 13.1 Å². The molecule has 0 aliphatic carbocycles. The van der Waals surface area contributed by atoms with Crippen molar-refractivity contribution in [3.05, 3.63) is 30.0 Å². The molecule has 110 valence electrons. The average Bonchev–Trinajstić information content (AvgIpc) is 2.71. The van der Waals surface area contributed by atoms with Gasteiger partial charge in [0.2, 0.25) is 0 Å². The van der Waals surface area contributed by atoms with E-state index >= 15 is 0 Å².